The van der Waals surface area contributed by atoms with Crippen LogP contribution in [-0.4, -0.2) is 31.7 Å². The van der Waals surface area contributed by atoms with E-state index in [1.54, 1.807) is 24.3 Å². The van der Waals surface area contributed by atoms with Crippen LogP contribution in [0.25, 0.3) is 0 Å². The van der Waals surface area contributed by atoms with E-state index in [1.807, 2.05) is 6.92 Å². The number of ether oxygens (including phenoxy) is 3. The number of hydrogen-bond acceptors (Lipinski definition) is 5. The van der Waals surface area contributed by atoms with Crippen molar-refractivity contribution in [3.8, 4) is 11.5 Å². The highest BCUT2D eigenvalue weighted by Gasteiger charge is 2.10. The molecule has 2 aromatic rings. The van der Waals surface area contributed by atoms with Crippen molar-refractivity contribution >= 4 is 17.6 Å². The second-order valence-corrected chi connectivity index (χ2v) is 5.03. The first-order valence-corrected chi connectivity index (χ1v) is 7.74. The smallest absolute Gasteiger partial charge is 0.344 e. The largest absolute Gasteiger partial charge is 0.494 e. The molecule has 8 heteroatoms. The van der Waals surface area contributed by atoms with Crippen LogP contribution in [0.2, 0.25) is 0 Å². The molecule has 138 valence electrons. The molecule has 0 spiro atoms. The molecule has 0 aliphatic rings. The van der Waals surface area contributed by atoms with E-state index < -0.39 is 30.1 Å². The summed E-state index contributed by atoms with van der Waals surface area (Å²) in [6.45, 7) is 1.44. The lowest BCUT2D eigenvalue weighted by Gasteiger charge is -2.09. The van der Waals surface area contributed by atoms with Crippen LogP contribution in [0.3, 0.4) is 0 Å². The zero-order valence-corrected chi connectivity index (χ0v) is 14.0. The van der Waals surface area contributed by atoms with Gasteiger partial charge in [-0.3, -0.25) is 4.79 Å². The number of amides is 1. The van der Waals surface area contributed by atoms with Gasteiger partial charge in [0.2, 0.25) is 0 Å². The summed E-state index contributed by atoms with van der Waals surface area (Å²) in [5.41, 5.74) is 0.0515. The van der Waals surface area contributed by atoms with Crippen molar-refractivity contribution in [2.24, 2.45) is 0 Å². The molecule has 0 fully saturated rings. The second-order valence-electron chi connectivity index (χ2n) is 5.03. The monoisotopic (exact) mass is 365 g/mol. The van der Waals surface area contributed by atoms with E-state index in [2.05, 4.69) is 5.32 Å². The SMILES string of the molecule is CCOc1ccc(OCC(=O)OCC(=O)Nc2ccc(F)c(F)c2)cc1. The highest BCUT2D eigenvalue weighted by atomic mass is 19.2. The number of benzene rings is 2. The number of nitrogens with one attached hydrogen (secondary N) is 1. The fourth-order valence-electron chi connectivity index (χ4n) is 1.90. The van der Waals surface area contributed by atoms with Crippen LogP contribution in [0.15, 0.2) is 42.5 Å². The highest BCUT2D eigenvalue weighted by molar-refractivity contribution is 5.92. The van der Waals surface area contributed by atoms with Crippen molar-refractivity contribution in [3.63, 3.8) is 0 Å². The summed E-state index contributed by atoms with van der Waals surface area (Å²) in [5.74, 6) is -2.44. The van der Waals surface area contributed by atoms with Gasteiger partial charge in [-0.15, -0.1) is 0 Å². The normalized spacial score (nSPS) is 10.1. The van der Waals surface area contributed by atoms with E-state index in [0.717, 1.165) is 12.1 Å². The van der Waals surface area contributed by atoms with Gasteiger partial charge in [0.15, 0.2) is 24.8 Å². The fraction of sp³-hybridized carbons (Fsp3) is 0.222. The van der Waals surface area contributed by atoms with E-state index in [-0.39, 0.29) is 12.3 Å². The maximum Gasteiger partial charge on any atom is 0.344 e. The van der Waals surface area contributed by atoms with Gasteiger partial charge in [-0.25, -0.2) is 13.6 Å². The van der Waals surface area contributed by atoms with E-state index in [1.165, 1.54) is 6.07 Å². The summed E-state index contributed by atoms with van der Waals surface area (Å²) in [6, 6.07) is 9.54. The Balaban J connectivity index is 1.72. The van der Waals surface area contributed by atoms with Gasteiger partial charge in [-0.05, 0) is 43.3 Å². The summed E-state index contributed by atoms with van der Waals surface area (Å²) >= 11 is 0. The summed E-state index contributed by atoms with van der Waals surface area (Å²) < 4.78 is 41.1. The molecule has 0 aliphatic heterocycles. The molecule has 1 amide bonds. The van der Waals surface area contributed by atoms with Crippen LogP contribution in [0.5, 0.6) is 11.5 Å². The molecular formula is C18H17F2NO5. The van der Waals surface area contributed by atoms with E-state index in [9.17, 15) is 18.4 Å². The molecule has 0 aromatic heterocycles. The van der Waals surface area contributed by atoms with Crippen molar-refractivity contribution in [1.29, 1.82) is 0 Å². The van der Waals surface area contributed by atoms with Crippen LogP contribution in [0, 0.1) is 11.6 Å². The van der Waals surface area contributed by atoms with Crippen molar-refractivity contribution in [2.45, 2.75) is 6.92 Å². The third-order valence-corrected chi connectivity index (χ3v) is 3.06. The van der Waals surface area contributed by atoms with Crippen LogP contribution in [0.1, 0.15) is 6.92 Å². The quantitative estimate of drug-likeness (QED) is 0.728. The minimum Gasteiger partial charge on any atom is -0.494 e. The first-order chi connectivity index (χ1) is 12.5. The Kier molecular flexibility index (Phi) is 6.90. The molecule has 0 bridgehead atoms. The molecule has 2 aromatic carbocycles. The third-order valence-electron chi connectivity index (χ3n) is 3.06. The predicted molar refractivity (Wildman–Crippen MR) is 89.1 cm³/mol. The number of carbonyl (C=O) groups is 2. The lowest BCUT2D eigenvalue weighted by atomic mass is 10.3. The maximum absolute atomic E-state index is 13.0. The zero-order chi connectivity index (χ0) is 18.9. The van der Waals surface area contributed by atoms with Gasteiger partial charge in [0.1, 0.15) is 11.5 Å². The Bertz CT molecular complexity index is 765. The first kappa shape index (κ1) is 19.2. The zero-order valence-electron chi connectivity index (χ0n) is 14.0. The minimum absolute atomic E-state index is 0.0515. The van der Waals surface area contributed by atoms with Gasteiger partial charge >= 0.3 is 5.97 Å². The van der Waals surface area contributed by atoms with Crippen molar-refractivity contribution < 1.29 is 32.6 Å². The molecule has 0 unspecified atom stereocenters. The highest BCUT2D eigenvalue weighted by Crippen LogP contribution is 2.17. The average Bonchev–Trinajstić information content (AvgIpc) is 2.63. The molecular weight excluding hydrogens is 348 g/mol. The van der Waals surface area contributed by atoms with E-state index >= 15 is 0 Å². The van der Waals surface area contributed by atoms with Crippen molar-refractivity contribution in [1.82, 2.24) is 0 Å². The molecule has 0 atom stereocenters. The second kappa shape index (κ2) is 9.36. The van der Waals surface area contributed by atoms with Crippen LogP contribution in [-0.2, 0) is 14.3 Å². The Hall–Kier alpha value is -3.16. The molecule has 6 nitrogen and oxygen atoms in total. The lowest BCUT2D eigenvalue weighted by molar-refractivity contribution is -0.149. The summed E-state index contributed by atoms with van der Waals surface area (Å²) in [4.78, 5) is 23.2. The van der Waals surface area contributed by atoms with Crippen molar-refractivity contribution in [2.75, 3.05) is 25.1 Å². The lowest BCUT2D eigenvalue weighted by Crippen LogP contribution is -2.23. The molecule has 0 heterocycles. The molecule has 0 saturated carbocycles. The number of carbonyl (C=O) groups excluding carboxylic acids is 2. The number of esters is 1. The molecule has 0 aliphatic carbocycles. The molecule has 26 heavy (non-hydrogen) atoms. The fourth-order valence-corrected chi connectivity index (χ4v) is 1.90. The standard InChI is InChI=1S/C18H17F2NO5/c1-2-24-13-4-6-14(7-5-13)25-11-18(23)26-10-17(22)21-12-3-8-15(19)16(20)9-12/h3-9H,2,10-11H2,1H3,(H,21,22). The summed E-state index contributed by atoms with van der Waals surface area (Å²) in [6.07, 6.45) is 0. The maximum atomic E-state index is 13.0. The van der Waals surface area contributed by atoms with Crippen LogP contribution < -0.4 is 14.8 Å². The molecule has 1 N–H and O–H groups in total. The number of hydrogen-bond donors (Lipinski definition) is 1. The number of anilines is 1. The van der Waals surface area contributed by atoms with Gasteiger partial charge < -0.3 is 19.5 Å². The van der Waals surface area contributed by atoms with E-state index in [4.69, 9.17) is 14.2 Å². The average molecular weight is 365 g/mol. The summed E-state index contributed by atoms with van der Waals surface area (Å²) in [5, 5.41) is 2.28. The van der Waals surface area contributed by atoms with Crippen LogP contribution in [0.4, 0.5) is 14.5 Å². The molecule has 0 radical (unpaired) electrons. The minimum atomic E-state index is -1.09. The molecule has 0 saturated heterocycles. The number of halogens is 2. The van der Waals surface area contributed by atoms with Gasteiger partial charge in [0.05, 0.1) is 6.61 Å². The molecule has 2 rings (SSSR count). The third kappa shape index (κ3) is 6.04. The van der Waals surface area contributed by atoms with Gasteiger partial charge in [0, 0.05) is 11.8 Å². The van der Waals surface area contributed by atoms with Gasteiger partial charge in [-0.1, -0.05) is 0 Å². The predicted octanol–water partition coefficient (Wildman–Crippen LogP) is 2.92. The summed E-state index contributed by atoms with van der Waals surface area (Å²) in [7, 11) is 0. The van der Waals surface area contributed by atoms with E-state index in [0.29, 0.717) is 18.1 Å². The Morgan fingerprint density at radius 2 is 1.58 bits per heavy atom. The topological polar surface area (TPSA) is 73.9 Å². The Labute approximate surface area is 148 Å². The Morgan fingerprint density at radius 1 is 0.923 bits per heavy atom. The Morgan fingerprint density at radius 3 is 2.19 bits per heavy atom. The van der Waals surface area contributed by atoms with Crippen LogP contribution >= 0.6 is 0 Å². The van der Waals surface area contributed by atoms with Crippen molar-refractivity contribution in [3.05, 3.63) is 54.1 Å². The van der Waals surface area contributed by atoms with Gasteiger partial charge in [0.25, 0.3) is 5.91 Å². The van der Waals surface area contributed by atoms with Gasteiger partial charge in [-0.2, -0.15) is 0 Å². The first-order valence-electron chi connectivity index (χ1n) is 7.74. The number of rotatable bonds is 8.